The third-order valence-corrected chi connectivity index (χ3v) is 3.07. The normalized spacial score (nSPS) is 10.7. The average Bonchev–Trinajstić information content (AvgIpc) is 2.41. The van der Waals surface area contributed by atoms with Crippen LogP contribution in [0.25, 0.3) is 0 Å². The van der Waals surface area contributed by atoms with E-state index >= 15 is 0 Å². The number of hydrogen-bond acceptors (Lipinski definition) is 4. The Morgan fingerprint density at radius 1 is 1.38 bits per heavy atom. The number of hydrogen-bond donors (Lipinski definition) is 1. The fourth-order valence-electron chi connectivity index (χ4n) is 2.08. The third-order valence-electron chi connectivity index (χ3n) is 3.07. The van der Waals surface area contributed by atoms with Crippen LogP contribution < -0.4 is 5.73 Å². The Morgan fingerprint density at radius 2 is 2.05 bits per heavy atom. The molecule has 0 saturated carbocycles. The summed E-state index contributed by atoms with van der Waals surface area (Å²) >= 11 is 0. The summed E-state index contributed by atoms with van der Waals surface area (Å²) in [5, 5.41) is 8.74. The number of nitrogens with two attached hydrogens (primary N) is 1. The minimum absolute atomic E-state index is 0.0880. The van der Waals surface area contributed by atoms with Crippen LogP contribution in [0.15, 0.2) is 12.1 Å². The molecule has 0 aliphatic heterocycles. The van der Waals surface area contributed by atoms with E-state index < -0.39 is 0 Å². The summed E-state index contributed by atoms with van der Waals surface area (Å²) in [6.45, 7) is 9.18. The molecule has 0 bridgehead atoms. The molecule has 0 fully saturated rings. The van der Waals surface area contributed by atoms with Gasteiger partial charge < -0.3 is 10.6 Å². The first-order chi connectivity index (χ1) is 9.85. The van der Waals surface area contributed by atoms with E-state index in [4.69, 9.17) is 11.0 Å². The van der Waals surface area contributed by atoms with Crippen LogP contribution in [0.4, 0.5) is 5.82 Å². The Hall–Kier alpha value is -2.09. The fourth-order valence-corrected chi connectivity index (χ4v) is 2.08. The smallest absolute Gasteiger partial charge is 0.254 e. The first-order valence-electron chi connectivity index (χ1n) is 7.28. The molecular weight excluding hydrogens is 264 g/mol. The second-order valence-electron chi connectivity index (χ2n) is 5.91. The van der Waals surface area contributed by atoms with E-state index in [-0.39, 0.29) is 11.8 Å². The molecule has 1 aromatic heterocycles. The zero-order valence-corrected chi connectivity index (χ0v) is 13.3. The quantitative estimate of drug-likeness (QED) is 0.872. The lowest BCUT2D eigenvalue weighted by Gasteiger charge is -2.24. The van der Waals surface area contributed by atoms with E-state index in [1.807, 2.05) is 27.7 Å². The van der Waals surface area contributed by atoms with Gasteiger partial charge in [0.25, 0.3) is 5.91 Å². The second kappa shape index (κ2) is 7.63. The van der Waals surface area contributed by atoms with Crippen LogP contribution in [0.5, 0.6) is 0 Å². The number of carbonyl (C=O) groups is 1. The average molecular weight is 288 g/mol. The molecule has 1 aromatic rings. The zero-order valence-electron chi connectivity index (χ0n) is 13.3. The molecule has 1 heterocycles. The van der Waals surface area contributed by atoms with E-state index in [9.17, 15) is 4.79 Å². The van der Waals surface area contributed by atoms with Gasteiger partial charge in [0.15, 0.2) is 0 Å². The van der Waals surface area contributed by atoms with Crippen molar-refractivity contribution < 1.29 is 4.79 Å². The molecule has 2 N–H and O–H groups in total. The molecule has 1 amide bonds. The maximum atomic E-state index is 12.6. The van der Waals surface area contributed by atoms with Crippen LogP contribution in [0.2, 0.25) is 0 Å². The van der Waals surface area contributed by atoms with Crippen molar-refractivity contribution in [2.45, 2.75) is 40.0 Å². The van der Waals surface area contributed by atoms with Crippen LogP contribution in [0.3, 0.4) is 0 Å². The molecule has 0 spiro atoms. The molecule has 1 rings (SSSR count). The second-order valence-corrected chi connectivity index (χ2v) is 5.91. The van der Waals surface area contributed by atoms with Gasteiger partial charge in [0.1, 0.15) is 5.82 Å². The molecule has 0 aliphatic rings. The Kier molecular flexibility index (Phi) is 6.16. The number of pyridine rings is 1. The highest BCUT2D eigenvalue weighted by molar-refractivity contribution is 5.95. The highest BCUT2D eigenvalue weighted by Crippen LogP contribution is 2.18. The topological polar surface area (TPSA) is 83.0 Å². The van der Waals surface area contributed by atoms with Crippen LogP contribution >= 0.6 is 0 Å². The number of nitrogen functional groups attached to an aromatic ring is 1. The Morgan fingerprint density at radius 3 is 2.57 bits per heavy atom. The minimum atomic E-state index is -0.0880. The van der Waals surface area contributed by atoms with Crippen LogP contribution in [0, 0.1) is 17.2 Å². The lowest BCUT2D eigenvalue weighted by molar-refractivity contribution is 0.0739. The van der Waals surface area contributed by atoms with E-state index in [2.05, 4.69) is 11.1 Å². The molecule has 0 aliphatic carbocycles. The predicted octanol–water partition coefficient (Wildman–Crippen LogP) is 2.80. The summed E-state index contributed by atoms with van der Waals surface area (Å²) in [7, 11) is 0. The van der Waals surface area contributed by atoms with Crippen molar-refractivity contribution in [2.24, 2.45) is 5.92 Å². The van der Waals surface area contributed by atoms with Gasteiger partial charge in [-0.3, -0.25) is 4.79 Å². The number of amides is 1. The summed E-state index contributed by atoms with van der Waals surface area (Å²) in [6.07, 6.45) is 0.329. The van der Waals surface area contributed by atoms with Gasteiger partial charge in [0, 0.05) is 24.3 Å². The third kappa shape index (κ3) is 5.07. The Bertz CT molecular complexity index is 532. The zero-order chi connectivity index (χ0) is 16.0. The summed E-state index contributed by atoms with van der Waals surface area (Å²) in [5.74, 6) is 0.818. The number of carbonyl (C=O) groups excluding carboxylic acids is 1. The first-order valence-corrected chi connectivity index (χ1v) is 7.28. The molecule has 114 valence electrons. The highest BCUT2D eigenvalue weighted by Gasteiger charge is 2.18. The maximum absolute atomic E-state index is 12.6. The van der Waals surface area contributed by atoms with Gasteiger partial charge in [-0.2, -0.15) is 5.26 Å². The van der Waals surface area contributed by atoms with Gasteiger partial charge >= 0.3 is 0 Å². The van der Waals surface area contributed by atoms with Crippen molar-refractivity contribution >= 4 is 11.7 Å². The fraction of sp³-hybridized carbons (Fsp3) is 0.562. The largest absolute Gasteiger partial charge is 0.384 e. The van der Waals surface area contributed by atoms with Gasteiger partial charge in [0.05, 0.1) is 12.5 Å². The summed E-state index contributed by atoms with van der Waals surface area (Å²) in [6, 6.07) is 5.49. The van der Waals surface area contributed by atoms with Gasteiger partial charge in [-0.05, 0) is 24.0 Å². The molecule has 0 aromatic carbocycles. The van der Waals surface area contributed by atoms with Crippen LogP contribution in [-0.4, -0.2) is 28.9 Å². The molecule has 21 heavy (non-hydrogen) atoms. The molecule has 5 nitrogen and oxygen atoms in total. The number of nitriles is 1. The summed E-state index contributed by atoms with van der Waals surface area (Å²) in [5.41, 5.74) is 7.16. The lowest BCUT2D eigenvalue weighted by Crippen LogP contribution is -2.35. The summed E-state index contributed by atoms with van der Waals surface area (Å²) < 4.78 is 0. The van der Waals surface area contributed by atoms with E-state index in [0.29, 0.717) is 36.8 Å². The number of nitrogens with zero attached hydrogens (tertiary/aromatic N) is 3. The van der Waals surface area contributed by atoms with Crippen molar-refractivity contribution in [3.05, 3.63) is 23.4 Å². The van der Waals surface area contributed by atoms with Crippen molar-refractivity contribution in [1.29, 1.82) is 5.26 Å². The monoisotopic (exact) mass is 288 g/mol. The molecule has 5 heteroatoms. The van der Waals surface area contributed by atoms with Crippen LogP contribution in [0.1, 0.15) is 56.1 Å². The number of anilines is 1. The van der Waals surface area contributed by atoms with Crippen molar-refractivity contribution in [1.82, 2.24) is 9.88 Å². The van der Waals surface area contributed by atoms with E-state index in [1.165, 1.54) is 0 Å². The Balaban J connectivity index is 3.05. The maximum Gasteiger partial charge on any atom is 0.254 e. The number of aromatic nitrogens is 1. The molecule has 0 unspecified atom stereocenters. The molecule has 0 saturated heterocycles. The molecule has 0 atom stereocenters. The molecular formula is C16H24N4O. The van der Waals surface area contributed by atoms with Crippen molar-refractivity contribution in [3.8, 4) is 6.07 Å². The first kappa shape index (κ1) is 17.0. The van der Waals surface area contributed by atoms with Crippen molar-refractivity contribution in [3.63, 3.8) is 0 Å². The number of rotatable bonds is 6. The van der Waals surface area contributed by atoms with E-state index in [0.717, 1.165) is 5.69 Å². The van der Waals surface area contributed by atoms with Gasteiger partial charge in [-0.25, -0.2) is 4.98 Å². The van der Waals surface area contributed by atoms with Crippen molar-refractivity contribution in [2.75, 3.05) is 18.8 Å². The van der Waals surface area contributed by atoms with Crippen LogP contribution in [-0.2, 0) is 0 Å². The minimum Gasteiger partial charge on any atom is -0.384 e. The van der Waals surface area contributed by atoms with E-state index in [1.54, 1.807) is 17.0 Å². The van der Waals surface area contributed by atoms with Gasteiger partial charge in [0.2, 0.25) is 0 Å². The molecule has 0 radical (unpaired) electrons. The lowest BCUT2D eigenvalue weighted by atomic mass is 10.1. The van der Waals surface area contributed by atoms with Gasteiger partial charge in [-0.15, -0.1) is 0 Å². The SMILES string of the molecule is CC(C)CN(CCC#N)C(=O)c1cc(N)nc(C(C)C)c1. The Labute approximate surface area is 126 Å². The van der Waals surface area contributed by atoms with Gasteiger partial charge in [-0.1, -0.05) is 27.7 Å². The highest BCUT2D eigenvalue weighted by atomic mass is 16.2. The standard InChI is InChI=1S/C16H24N4O/c1-11(2)10-20(7-5-6-17)16(21)13-8-14(12(3)4)19-15(18)9-13/h8-9,11-12H,5,7,10H2,1-4H3,(H2,18,19). The summed E-state index contributed by atoms with van der Waals surface area (Å²) in [4.78, 5) is 18.6. The predicted molar refractivity (Wildman–Crippen MR) is 83.7 cm³/mol.